The van der Waals surface area contributed by atoms with Crippen molar-refractivity contribution in [3.63, 3.8) is 0 Å². The lowest BCUT2D eigenvalue weighted by molar-refractivity contribution is 0.332. The minimum absolute atomic E-state index is 0.159. The number of hydrogen-bond donors (Lipinski definition) is 2. The van der Waals surface area contributed by atoms with Gasteiger partial charge in [0.15, 0.2) is 0 Å². The second-order valence-corrected chi connectivity index (χ2v) is 6.22. The van der Waals surface area contributed by atoms with Gasteiger partial charge in [0.2, 0.25) is 0 Å². The van der Waals surface area contributed by atoms with Crippen LogP contribution in [0.1, 0.15) is 33.3 Å². The van der Waals surface area contributed by atoms with E-state index in [9.17, 15) is 0 Å². The van der Waals surface area contributed by atoms with Crippen LogP contribution in [0.2, 0.25) is 0 Å². The van der Waals surface area contributed by atoms with Gasteiger partial charge in [-0.2, -0.15) is 0 Å². The first kappa shape index (κ1) is 14.2. The van der Waals surface area contributed by atoms with Crippen LogP contribution in [0.3, 0.4) is 0 Å². The van der Waals surface area contributed by atoms with E-state index in [2.05, 4.69) is 63.3 Å². The van der Waals surface area contributed by atoms with Gasteiger partial charge in [0.25, 0.3) is 0 Å². The molecule has 96 valence electrons. The zero-order valence-corrected chi connectivity index (χ0v) is 11.6. The van der Waals surface area contributed by atoms with E-state index in [1.807, 2.05) is 0 Å². The first-order valence-corrected chi connectivity index (χ1v) is 6.34. The Morgan fingerprint density at radius 1 is 1.00 bits per heavy atom. The van der Waals surface area contributed by atoms with Crippen molar-refractivity contribution in [2.75, 3.05) is 19.6 Å². The fraction of sp³-hybridized carbons (Fsp3) is 0.600. The Morgan fingerprint density at radius 2 is 1.59 bits per heavy atom. The van der Waals surface area contributed by atoms with E-state index in [-0.39, 0.29) is 10.8 Å². The van der Waals surface area contributed by atoms with E-state index >= 15 is 0 Å². The van der Waals surface area contributed by atoms with E-state index in [4.69, 9.17) is 5.73 Å². The number of nitrogens with two attached hydrogens (primary N) is 1. The second kappa shape index (κ2) is 5.65. The van der Waals surface area contributed by atoms with E-state index in [0.29, 0.717) is 6.54 Å². The molecule has 0 amide bonds. The summed E-state index contributed by atoms with van der Waals surface area (Å²) in [6.45, 7) is 11.6. The van der Waals surface area contributed by atoms with Crippen molar-refractivity contribution in [1.29, 1.82) is 0 Å². The molecule has 2 nitrogen and oxygen atoms in total. The second-order valence-electron chi connectivity index (χ2n) is 6.22. The van der Waals surface area contributed by atoms with E-state index in [1.165, 1.54) is 5.56 Å². The Kier molecular flexibility index (Phi) is 4.72. The summed E-state index contributed by atoms with van der Waals surface area (Å²) in [7, 11) is 0. The molecule has 0 saturated carbocycles. The largest absolute Gasteiger partial charge is 0.330 e. The monoisotopic (exact) mass is 234 g/mol. The average molecular weight is 234 g/mol. The molecule has 0 atom stereocenters. The molecule has 17 heavy (non-hydrogen) atoms. The summed E-state index contributed by atoms with van der Waals surface area (Å²) in [5, 5.41) is 3.54. The predicted octanol–water partition coefficient (Wildman–Crippen LogP) is 2.54. The molecule has 0 saturated heterocycles. The van der Waals surface area contributed by atoms with Gasteiger partial charge in [0, 0.05) is 18.5 Å². The van der Waals surface area contributed by atoms with Crippen molar-refractivity contribution in [1.82, 2.24) is 5.32 Å². The van der Waals surface area contributed by atoms with Crippen LogP contribution in [0, 0.1) is 5.41 Å². The molecule has 1 aromatic rings. The van der Waals surface area contributed by atoms with Gasteiger partial charge in [-0.05, 0) is 17.5 Å². The SMILES string of the molecule is CC(C)(CN)CNCC(C)(C)c1ccccc1. The maximum Gasteiger partial charge on any atom is 0.00434 e. The molecule has 0 spiro atoms. The van der Waals surface area contributed by atoms with E-state index in [0.717, 1.165) is 13.1 Å². The first-order chi connectivity index (χ1) is 7.87. The van der Waals surface area contributed by atoms with Crippen LogP contribution < -0.4 is 11.1 Å². The van der Waals surface area contributed by atoms with Gasteiger partial charge in [-0.25, -0.2) is 0 Å². The van der Waals surface area contributed by atoms with Gasteiger partial charge in [0.05, 0.1) is 0 Å². The highest BCUT2D eigenvalue weighted by atomic mass is 14.9. The fourth-order valence-corrected chi connectivity index (χ4v) is 1.78. The van der Waals surface area contributed by atoms with Crippen LogP contribution in [0.4, 0.5) is 0 Å². The van der Waals surface area contributed by atoms with Crippen LogP contribution in [0.25, 0.3) is 0 Å². The Labute approximate surface area is 106 Å². The number of hydrogen-bond acceptors (Lipinski definition) is 2. The zero-order valence-electron chi connectivity index (χ0n) is 11.6. The van der Waals surface area contributed by atoms with E-state index in [1.54, 1.807) is 0 Å². The molecule has 1 aromatic carbocycles. The van der Waals surface area contributed by atoms with Crippen LogP contribution >= 0.6 is 0 Å². The van der Waals surface area contributed by atoms with Crippen molar-refractivity contribution in [2.24, 2.45) is 11.1 Å². The smallest absolute Gasteiger partial charge is 0.00434 e. The third-order valence-corrected chi connectivity index (χ3v) is 3.28. The van der Waals surface area contributed by atoms with Gasteiger partial charge in [-0.15, -0.1) is 0 Å². The number of nitrogens with one attached hydrogen (secondary N) is 1. The van der Waals surface area contributed by atoms with Crippen LogP contribution in [-0.2, 0) is 5.41 Å². The minimum atomic E-state index is 0.159. The maximum atomic E-state index is 5.73. The Balaban J connectivity index is 2.51. The van der Waals surface area contributed by atoms with Gasteiger partial charge >= 0.3 is 0 Å². The van der Waals surface area contributed by atoms with E-state index < -0.39 is 0 Å². The van der Waals surface area contributed by atoms with Crippen molar-refractivity contribution < 1.29 is 0 Å². The first-order valence-electron chi connectivity index (χ1n) is 6.34. The van der Waals surface area contributed by atoms with Gasteiger partial charge < -0.3 is 11.1 Å². The molecule has 0 bridgehead atoms. The molecule has 0 fully saturated rings. The molecule has 1 rings (SSSR count). The molecule has 2 heteroatoms. The molecule has 0 aliphatic carbocycles. The topological polar surface area (TPSA) is 38.0 Å². The van der Waals surface area contributed by atoms with Gasteiger partial charge in [0.1, 0.15) is 0 Å². The summed E-state index contributed by atoms with van der Waals surface area (Å²) in [6.07, 6.45) is 0. The van der Waals surface area contributed by atoms with Gasteiger partial charge in [-0.3, -0.25) is 0 Å². The van der Waals surface area contributed by atoms with Crippen LogP contribution in [0.15, 0.2) is 30.3 Å². The van der Waals surface area contributed by atoms with Crippen molar-refractivity contribution >= 4 is 0 Å². The molecule has 0 aliphatic rings. The summed E-state index contributed by atoms with van der Waals surface area (Å²) in [6, 6.07) is 10.6. The molecular formula is C15H26N2. The zero-order chi connectivity index (χ0) is 12.9. The quantitative estimate of drug-likeness (QED) is 0.794. The van der Waals surface area contributed by atoms with Crippen LogP contribution in [0.5, 0.6) is 0 Å². The Hall–Kier alpha value is -0.860. The fourth-order valence-electron chi connectivity index (χ4n) is 1.78. The minimum Gasteiger partial charge on any atom is -0.330 e. The van der Waals surface area contributed by atoms with Gasteiger partial charge in [-0.1, -0.05) is 58.0 Å². The standard InChI is InChI=1S/C15H26N2/c1-14(2,10-16)11-17-12-15(3,4)13-8-6-5-7-9-13/h5-9,17H,10-12,16H2,1-4H3. The Morgan fingerprint density at radius 3 is 2.12 bits per heavy atom. The number of rotatable bonds is 6. The molecule has 0 heterocycles. The third kappa shape index (κ3) is 4.49. The lowest BCUT2D eigenvalue weighted by atomic mass is 9.84. The third-order valence-electron chi connectivity index (χ3n) is 3.28. The molecule has 0 aliphatic heterocycles. The summed E-state index contributed by atoms with van der Waals surface area (Å²) < 4.78 is 0. The predicted molar refractivity (Wildman–Crippen MR) is 75.2 cm³/mol. The average Bonchev–Trinajstić information content (AvgIpc) is 2.30. The normalized spacial score (nSPS) is 12.8. The van der Waals surface area contributed by atoms with Crippen molar-refractivity contribution in [3.8, 4) is 0 Å². The lowest BCUT2D eigenvalue weighted by Gasteiger charge is -2.29. The van der Waals surface area contributed by atoms with Crippen molar-refractivity contribution in [2.45, 2.75) is 33.1 Å². The molecule has 0 radical (unpaired) electrons. The maximum absolute atomic E-state index is 5.73. The summed E-state index contributed by atoms with van der Waals surface area (Å²) in [4.78, 5) is 0. The molecule has 0 aromatic heterocycles. The molecular weight excluding hydrogens is 208 g/mol. The van der Waals surface area contributed by atoms with Crippen LogP contribution in [-0.4, -0.2) is 19.6 Å². The molecule has 3 N–H and O–H groups in total. The highest BCUT2D eigenvalue weighted by molar-refractivity contribution is 5.23. The lowest BCUT2D eigenvalue weighted by Crippen LogP contribution is -2.40. The van der Waals surface area contributed by atoms with Crippen molar-refractivity contribution in [3.05, 3.63) is 35.9 Å². The summed E-state index contributed by atoms with van der Waals surface area (Å²) in [5.74, 6) is 0. The molecule has 0 unspecified atom stereocenters. The highest BCUT2D eigenvalue weighted by Crippen LogP contribution is 2.22. The highest BCUT2D eigenvalue weighted by Gasteiger charge is 2.21. The Bertz CT molecular complexity index is 328. The number of benzene rings is 1. The summed E-state index contributed by atoms with van der Waals surface area (Å²) >= 11 is 0. The summed E-state index contributed by atoms with van der Waals surface area (Å²) in [5.41, 5.74) is 7.43.